The van der Waals surface area contributed by atoms with Crippen molar-refractivity contribution >= 4 is 67.7 Å². The lowest BCUT2D eigenvalue weighted by Gasteiger charge is -2.38. The first-order valence-electron chi connectivity index (χ1n) is 9.39. The number of ether oxygens (including phenoxy) is 1. The molecular formula is C16H21B3BrN5O2S. The summed E-state index contributed by atoms with van der Waals surface area (Å²) < 4.78 is 5.97. The highest BCUT2D eigenvalue weighted by Gasteiger charge is 2.54. The topological polar surface area (TPSA) is 89.0 Å². The molecule has 2 aliphatic rings. The van der Waals surface area contributed by atoms with Gasteiger partial charge in [-0.25, -0.2) is 9.97 Å². The van der Waals surface area contributed by atoms with Crippen molar-refractivity contribution in [2.75, 3.05) is 19.0 Å². The first-order valence-corrected chi connectivity index (χ1v) is 11.0. The van der Waals surface area contributed by atoms with Gasteiger partial charge in [0, 0.05) is 12.5 Å². The fraction of sp³-hybridized carbons (Fsp3) is 0.500. The van der Waals surface area contributed by atoms with Gasteiger partial charge < -0.3 is 15.4 Å². The number of carbonyl (C=O) groups excluding carboxylic acids is 1. The van der Waals surface area contributed by atoms with Gasteiger partial charge in [-0.05, 0) is 35.2 Å². The zero-order chi connectivity index (χ0) is 20.1. The van der Waals surface area contributed by atoms with Crippen LogP contribution in [0.3, 0.4) is 0 Å². The number of methoxy groups -OCH3 is 1. The molecule has 1 amide bonds. The molecule has 1 saturated heterocycles. The zero-order valence-corrected chi connectivity index (χ0v) is 18.8. The molecular weight excluding hydrogens is 439 g/mol. The van der Waals surface area contributed by atoms with Crippen molar-refractivity contribution in [2.45, 2.75) is 35.7 Å². The molecule has 144 valence electrons. The number of nitrogens with zero attached hydrogens (tertiary/aromatic N) is 3. The Kier molecular flexibility index (Phi) is 4.98. The summed E-state index contributed by atoms with van der Waals surface area (Å²) in [6.45, 7) is 0.685. The van der Waals surface area contributed by atoms with Crippen LogP contribution in [-0.2, 0) is 10.2 Å². The predicted molar refractivity (Wildman–Crippen MR) is 121 cm³/mol. The SMILES string of the molecule is BC(B)(B)[C@@]1(c2nc(C3CC3)c(Nc3ncc(Br)c(OC)n3)s2)CCNC1=O. The van der Waals surface area contributed by atoms with Crippen LogP contribution in [0.2, 0.25) is 5.11 Å². The number of carbonyl (C=O) groups is 1. The van der Waals surface area contributed by atoms with Gasteiger partial charge >= 0.3 is 0 Å². The molecule has 2 fully saturated rings. The molecule has 0 aromatic carbocycles. The molecule has 12 heteroatoms. The minimum Gasteiger partial charge on any atom is -0.480 e. The molecule has 1 saturated carbocycles. The number of aromatic nitrogens is 3. The highest BCUT2D eigenvalue weighted by molar-refractivity contribution is 9.10. The van der Waals surface area contributed by atoms with E-state index in [0.29, 0.717) is 28.8 Å². The van der Waals surface area contributed by atoms with Gasteiger partial charge in [0.25, 0.3) is 0 Å². The Labute approximate surface area is 179 Å². The van der Waals surface area contributed by atoms with Crippen LogP contribution in [0.15, 0.2) is 10.7 Å². The maximum Gasteiger partial charge on any atom is 0.232 e. The van der Waals surface area contributed by atoms with Crippen molar-refractivity contribution in [3.63, 3.8) is 0 Å². The molecule has 28 heavy (non-hydrogen) atoms. The maximum absolute atomic E-state index is 12.9. The molecule has 0 unspecified atom stereocenters. The fourth-order valence-corrected chi connectivity index (χ4v) is 5.59. The zero-order valence-electron chi connectivity index (χ0n) is 16.4. The minimum absolute atomic E-state index is 0.0733. The van der Waals surface area contributed by atoms with E-state index in [1.54, 1.807) is 24.6 Å². The molecule has 0 bridgehead atoms. The quantitative estimate of drug-likeness (QED) is 0.594. The lowest BCUT2D eigenvalue weighted by atomic mass is 9.32. The number of amides is 1. The van der Waals surface area contributed by atoms with Crippen molar-refractivity contribution in [3.05, 3.63) is 21.4 Å². The molecule has 2 aromatic rings. The Morgan fingerprint density at radius 2 is 2.14 bits per heavy atom. The van der Waals surface area contributed by atoms with Crippen molar-refractivity contribution < 1.29 is 9.53 Å². The summed E-state index contributed by atoms with van der Waals surface area (Å²) in [4.78, 5) is 26.7. The number of hydrogen-bond donors (Lipinski definition) is 2. The number of thiazole rings is 1. The van der Waals surface area contributed by atoms with Gasteiger partial charge in [0.1, 0.15) is 10.0 Å². The van der Waals surface area contributed by atoms with Gasteiger partial charge in [-0.2, -0.15) is 4.98 Å². The average Bonchev–Trinajstić information content (AvgIpc) is 3.27. The predicted octanol–water partition coefficient (Wildman–Crippen LogP) is 0.0559. The number of halogens is 1. The highest BCUT2D eigenvalue weighted by Crippen LogP contribution is 2.52. The average molecular weight is 460 g/mol. The second kappa shape index (κ2) is 7.05. The molecule has 2 N–H and O–H groups in total. The number of anilines is 2. The van der Waals surface area contributed by atoms with E-state index in [0.717, 1.165) is 35.0 Å². The normalized spacial score (nSPS) is 22.1. The van der Waals surface area contributed by atoms with E-state index in [-0.39, 0.29) is 11.0 Å². The van der Waals surface area contributed by atoms with E-state index in [1.807, 2.05) is 0 Å². The fourth-order valence-electron chi connectivity index (χ4n) is 3.76. The Morgan fingerprint density at radius 3 is 2.71 bits per heavy atom. The van der Waals surface area contributed by atoms with Crippen molar-refractivity contribution in [1.82, 2.24) is 20.3 Å². The first-order chi connectivity index (χ1) is 13.3. The van der Waals surface area contributed by atoms with Gasteiger partial charge in [-0.3, -0.25) is 4.79 Å². The Hall–Kier alpha value is -1.55. The Balaban J connectivity index is 1.75. The van der Waals surface area contributed by atoms with Gasteiger partial charge in [0.05, 0.1) is 52.4 Å². The molecule has 1 atom stereocenters. The summed E-state index contributed by atoms with van der Waals surface area (Å²) in [5.74, 6) is 1.44. The van der Waals surface area contributed by atoms with E-state index < -0.39 is 5.41 Å². The molecule has 1 aliphatic heterocycles. The Morgan fingerprint density at radius 1 is 1.39 bits per heavy atom. The molecule has 7 nitrogen and oxygen atoms in total. The molecule has 4 rings (SSSR count). The third kappa shape index (κ3) is 3.24. The van der Waals surface area contributed by atoms with E-state index in [4.69, 9.17) is 9.72 Å². The number of rotatable bonds is 6. The summed E-state index contributed by atoms with van der Waals surface area (Å²) in [7, 11) is 7.92. The summed E-state index contributed by atoms with van der Waals surface area (Å²) in [5, 5.41) is 7.91. The van der Waals surface area contributed by atoms with Gasteiger partial charge in [-0.1, -0.05) is 16.4 Å². The van der Waals surface area contributed by atoms with Crippen molar-refractivity contribution in [2.24, 2.45) is 0 Å². The van der Waals surface area contributed by atoms with Crippen LogP contribution in [0.5, 0.6) is 5.88 Å². The number of nitrogens with one attached hydrogen (secondary N) is 2. The van der Waals surface area contributed by atoms with Crippen LogP contribution in [0.25, 0.3) is 0 Å². The van der Waals surface area contributed by atoms with Crippen molar-refractivity contribution in [3.8, 4) is 5.88 Å². The van der Waals surface area contributed by atoms with Crippen LogP contribution in [0.1, 0.15) is 35.9 Å². The first kappa shape index (κ1) is 19.8. The van der Waals surface area contributed by atoms with Crippen LogP contribution in [0.4, 0.5) is 10.9 Å². The van der Waals surface area contributed by atoms with Crippen LogP contribution >= 0.6 is 27.3 Å². The van der Waals surface area contributed by atoms with E-state index in [1.165, 1.54) is 0 Å². The van der Waals surface area contributed by atoms with Crippen LogP contribution in [0, 0.1) is 0 Å². The molecule has 3 heterocycles. The molecule has 1 aliphatic carbocycles. The van der Waals surface area contributed by atoms with Crippen LogP contribution in [-0.4, -0.2) is 58.1 Å². The van der Waals surface area contributed by atoms with Crippen molar-refractivity contribution in [1.29, 1.82) is 0 Å². The van der Waals surface area contributed by atoms with Crippen LogP contribution < -0.4 is 15.4 Å². The second-order valence-corrected chi connectivity index (χ2v) is 10.2. The molecule has 2 aromatic heterocycles. The largest absolute Gasteiger partial charge is 0.480 e. The summed E-state index contributed by atoms with van der Waals surface area (Å²) in [5.41, 5.74) is 0.410. The van der Waals surface area contributed by atoms with Gasteiger partial charge in [0.2, 0.25) is 17.7 Å². The van der Waals surface area contributed by atoms with E-state index in [2.05, 4.69) is 60.1 Å². The number of hydrogen-bond acceptors (Lipinski definition) is 7. The lowest BCUT2D eigenvalue weighted by molar-refractivity contribution is -0.123. The van der Waals surface area contributed by atoms with Gasteiger partial charge in [0.15, 0.2) is 0 Å². The minimum atomic E-state index is -0.612. The maximum atomic E-state index is 12.9. The molecule has 0 radical (unpaired) electrons. The third-order valence-corrected chi connectivity index (χ3v) is 7.26. The smallest absolute Gasteiger partial charge is 0.232 e. The third-order valence-electron chi connectivity index (χ3n) is 5.57. The Bertz CT molecular complexity index is 933. The van der Waals surface area contributed by atoms with Gasteiger partial charge in [-0.15, -0.1) is 0 Å². The van der Waals surface area contributed by atoms with E-state index in [9.17, 15) is 4.79 Å². The monoisotopic (exact) mass is 459 g/mol. The lowest BCUT2D eigenvalue weighted by Crippen LogP contribution is -2.47. The summed E-state index contributed by atoms with van der Waals surface area (Å²) in [6, 6.07) is 0. The summed E-state index contributed by atoms with van der Waals surface area (Å²) in [6.07, 6.45) is 4.66. The highest BCUT2D eigenvalue weighted by atomic mass is 79.9. The van der Waals surface area contributed by atoms with E-state index >= 15 is 0 Å². The summed E-state index contributed by atoms with van der Waals surface area (Å²) >= 11 is 4.93. The second-order valence-electron chi connectivity index (χ2n) is 8.34. The molecule has 0 spiro atoms. The standard InChI is InChI=1S/C16H21B3BrN5O2S/c1-27-10-8(20)6-22-14(24-10)25-11-9(7-2-3-7)23-13(28-11)15(16(17,18)19)4-5-21-12(15)26/h6-7H,2-5,17-19H2,1H3,(H,21,26)(H,22,24,25)/t15-/m0/s1.